The second-order valence-corrected chi connectivity index (χ2v) is 16.3. The highest BCUT2D eigenvalue weighted by atomic mass is 15.0. The van der Waals surface area contributed by atoms with Crippen molar-refractivity contribution >= 4 is 76.3 Å². The van der Waals surface area contributed by atoms with E-state index in [1.165, 1.54) is 132 Å². The van der Waals surface area contributed by atoms with Gasteiger partial charge in [0.05, 0.1) is 22.1 Å². The van der Waals surface area contributed by atoms with Crippen molar-refractivity contribution in [3.05, 3.63) is 193 Å². The van der Waals surface area contributed by atoms with Gasteiger partial charge in [0.15, 0.2) is 0 Å². The smallest absolute Gasteiger partial charge is 0.0553 e. The second kappa shape index (κ2) is 11.1. The number of para-hydroxylation sites is 2. The molecule has 2 heterocycles. The van der Waals surface area contributed by atoms with Gasteiger partial charge < -0.3 is 9.13 Å². The summed E-state index contributed by atoms with van der Waals surface area (Å²) >= 11 is 0. The standard InChI is InChI=1S/C56H34N2/c1-2-13-39-38(12-1)42-19-10-20-46-53(42)47(39)32-51-54(46)44-16-5-7-21-48(44)58(51)37-29-25-34(26-30-37)33-23-27-36(28-24-33)57-49-22-8-6-17-45(49)55-50(57)31-35-11-9-18-41-40-14-3-4-15-43(40)56(55)52(35)41/h1-2,4-13,15-32H,3,14H2. The average molecular weight is 735 g/mol. The van der Waals surface area contributed by atoms with Crippen molar-refractivity contribution in [2.24, 2.45) is 0 Å². The molecule has 0 fully saturated rings. The van der Waals surface area contributed by atoms with Gasteiger partial charge in [-0.3, -0.25) is 0 Å². The minimum atomic E-state index is 1.11. The summed E-state index contributed by atoms with van der Waals surface area (Å²) in [6.45, 7) is 0. The Bertz CT molecular complexity index is 3700. The van der Waals surface area contributed by atoms with E-state index in [1.54, 1.807) is 0 Å². The minimum Gasteiger partial charge on any atom is -0.309 e. The van der Waals surface area contributed by atoms with Crippen LogP contribution in [-0.4, -0.2) is 9.13 Å². The molecule has 3 aliphatic carbocycles. The van der Waals surface area contributed by atoms with Gasteiger partial charge in [-0.2, -0.15) is 0 Å². The van der Waals surface area contributed by atoms with Crippen LogP contribution < -0.4 is 0 Å². The van der Waals surface area contributed by atoms with Crippen molar-refractivity contribution in [1.82, 2.24) is 9.13 Å². The highest BCUT2D eigenvalue weighted by Gasteiger charge is 2.29. The number of rotatable bonds is 3. The van der Waals surface area contributed by atoms with Crippen molar-refractivity contribution < 1.29 is 0 Å². The summed E-state index contributed by atoms with van der Waals surface area (Å²) in [4.78, 5) is 0. The van der Waals surface area contributed by atoms with Gasteiger partial charge in [-0.25, -0.2) is 0 Å². The molecule has 58 heavy (non-hydrogen) atoms. The van der Waals surface area contributed by atoms with Crippen molar-refractivity contribution in [1.29, 1.82) is 0 Å². The molecule has 11 aromatic rings. The molecule has 9 aromatic carbocycles. The first-order chi connectivity index (χ1) is 28.8. The Morgan fingerprint density at radius 3 is 1.67 bits per heavy atom. The molecule has 0 saturated carbocycles. The van der Waals surface area contributed by atoms with E-state index in [9.17, 15) is 0 Å². The van der Waals surface area contributed by atoms with Gasteiger partial charge in [-0.05, 0) is 133 Å². The van der Waals surface area contributed by atoms with Crippen molar-refractivity contribution in [3.8, 4) is 44.8 Å². The van der Waals surface area contributed by atoms with E-state index in [1.807, 2.05) is 0 Å². The van der Waals surface area contributed by atoms with Crippen LogP contribution in [-0.2, 0) is 0 Å². The molecule has 0 spiro atoms. The van der Waals surface area contributed by atoms with Gasteiger partial charge >= 0.3 is 0 Å². The highest BCUT2D eigenvalue weighted by molar-refractivity contribution is 6.30. The van der Waals surface area contributed by atoms with E-state index >= 15 is 0 Å². The molecule has 0 aliphatic heterocycles. The molecule has 0 unspecified atom stereocenters. The fourth-order valence-electron chi connectivity index (χ4n) is 11.1. The Balaban J connectivity index is 0.899. The van der Waals surface area contributed by atoms with Gasteiger partial charge in [0.2, 0.25) is 0 Å². The van der Waals surface area contributed by atoms with Gasteiger partial charge in [0, 0.05) is 38.5 Å². The summed E-state index contributed by atoms with van der Waals surface area (Å²) in [6, 6.07) is 63.6. The van der Waals surface area contributed by atoms with E-state index in [4.69, 9.17) is 0 Å². The zero-order valence-electron chi connectivity index (χ0n) is 31.6. The van der Waals surface area contributed by atoms with Crippen LogP contribution in [0.3, 0.4) is 0 Å². The van der Waals surface area contributed by atoms with Gasteiger partial charge in [-0.1, -0.05) is 133 Å². The molecule has 0 saturated heterocycles. The predicted octanol–water partition coefficient (Wildman–Crippen LogP) is 15.1. The number of aromatic nitrogens is 2. The number of hydrogen-bond donors (Lipinski definition) is 0. The predicted molar refractivity (Wildman–Crippen MR) is 245 cm³/mol. The molecule has 2 heteroatoms. The molecule has 2 nitrogen and oxygen atoms in total. The Hall–Kier alpha value is -7.42. The van der Waals surface area contributed by atoms with Crippen molar-refractivity contribution in [3.63, 3.8) is 0 Å². The maximum Gasteiger partial charge on any atom is 0.0553 e. The zero-order valence-corrected chi connectivity index (χ0v) is 31.6. The van der Waals surface area contributed by atoms with Gasteiger partial charge in [-0.15, -0.1) is 0 Å². The number of fused-ring (bicyclic) bond motifs is 13. The van der Waals surface area contributed by atoms with Crippen LogP contribution >= 0.6 is 0 Å². The molecule has 0 bridgehead atoms. The zero-order chi connectivity index (χ0) is 37.6. The van der Waals surface area contributed by atoms with E-state index in [2.05, 4.69) is 191 Å². The van der Waals surface area contributed by atoms with E-state index in [-0.39, 0.29) is 0 Å². The lowest BCUT2D eigenvalue weighted by Gasteiger charge is -2.13. The van der Waals surface area contributed by atoms with Crippen LogP contribution in [0.5, 0.6) is 0 Å². The Labute approximate surface area is 334 Å². The first kappa shape index (κ1) is 30.8. The normalized spacial score (nSPS) is 13.9. The van der Waals surface area contributed by atoms with Gasteiger partial charge in [0.25, 0.3) is 0 Å². The molecule has 0 radical (unpaired) electrons. The molecule has 14 rings (SSSR count). The van der Waals surface area contributed by atoms with Crippen LogP contribution in [0.15, 0.2) is 182 Å². The summed E-state index contributed by atoms with van der Waals surface area (Å²) < 4.78 is 4.94. The van der Waals surface area contributed by atoms with Gasteiger partial charge in [0.1, 0.15) is 0 Å². The largest absolute Gasteiger partial charge is 0.309 e. The molecular formula is C56H34N2. The Kier molecular flexibility index (Phi) is 5.90. The molecule has 0 N–H and O–H groups in total. The number of nitrogens with zero attached hydrogens (tertiary/aromatic N) is 2. The summed E-state index contributed by atoms with van der Waals surface area (Å²) in [5.41, 5.74) is 20.8. The SMILES string of the molecule is C1=CC2=C(CC1)c1cccc3cc4c(c2c13)c1ccccc1n4-c1ccc(-c2ccc(-n3c4ccccc4c4c5cccc6c5c(cc43)-c3ccccc3-6)cc2)cc1. The Morgan fingerprint density at radius 1 is 0.379 bits per heavy atom. The van der Waals surface area contributed by atoms with Crippen molar-refractivity contribution in [2.75, 3.05) is 0 Å². The topological polar surface area (TPSA) is 9.86 Å². The van der Waals surface area contributed by atoms with Crippen LogP contribution in [0, 0.1) is 0 Å². The summed E-state index contributed by atoms with van der Waals surface area (Å²) in [5, 5.41) is 10.7. The molecule has 0 atom stereocenters. The fourth-order valence-corrected chi connectivity index (χ4v) is 11.1. The lowest BCUT2D eigenvalue weighted by Crippen LogP contribution is -1.95. The quantitative estimate of drug-likeness (QED) is 0.171. The maximum atomic E-state index is 2.48. The highest BCUT2D eigenvalue weighted by Crippen LogP contribution is 2.53. The number of allylic oxidation sites excluding steroid dienone is 4. The average Bonchev–Trinajstić information content (AvgIpc) is 4.01. The first-order valence-corrected chi connectivity index (χ1v) is 20.5. The third kappa shape index (κ3) is 3.87. The van der Waals surface area contributed by atoms with Crippen LogP contribution in [0.25, 0.3) is 121 Å². The lowest BCUT2D eigenvalue weighted by molar-refractivity contribution is 1.06. The molecule has 3 aliphatic rings. The summed E-state index contributed by atoms with van der Waals surface area (Å²) in [5.74, 6) is 0. The Morgan fingerprint density at radius 2 is 0.948 bits per heavy atom. The minimum absolute atomic E-state index is 1.11. The summed E-state index contributed by atoms with van der Waals surface area (Å²) in [6.07, 6.45) is 6.95. The molecular weight excluding hydrogens is 701 g/mol. The maximum absolute atomic E-state index is 2.48. The van der Waals surface area contributed by atoms with Crippen LogP contribution in [0.2, 0.25) is 0 Å². The van der Waals surface area contributed by atoms with E-state index in [0.717, 1.165) is 12.8 Å². The van der Waals surface area contributed by atoms with E-state index < -0.39 is 0 Å². The van der Waals surface area contributed by atoms with Crippen LogP contribution in [0.4, 0.5) is 0 Å². The van der Waals surface area contributed by atoms with E-state index in [0.29, 0.717) is 0 Å². The third-order valence-corrected chi connectivity index (χ3v) is 13.5. The third-order valence-electron chi connectivity index (χ3n) is 13.5. The van der Waals surface area contributed by atoms with Crippen molar-refractivity contribution in [2.45, 2.75) is 12.8 Å². The molecule has 2 aromatic heterocycles. The molecule has 0 amide bonds. The lowest BCUT2D eigenvalue weighted by atomic mass is 9.94. The first-order valence-electron chi connectivity index (χ1n) is 20.5. The number of benzene rings is 9. The summed E-state index contributed by atoms with van der Waals surface area (Å²) in [7, 11) is 0. The molecule has 268 valence electrons. The second-order valence-electron chi connectivity index (χ2n) is 16.3. The number of hydrogen-bond acceptors (Lipinski definition) is 0. The fraction of sp³-hybridized carbons (Fsp3) is 0.0357. The van der Waals surface area contributed by atoms with Crippen LogP contribution in [0.1, 0.15) is 24.0 Å². The monoisotopic (exact) mass is 734 g/mol.